The Morgan fingerprint density at radius 1 is 1.17 bits per heavy atom. The minimum atomic E-state index is -0.688. The molecule has 0 spiro atoms. The SMILES string of the molecule is CO[C@@H](/C=C/C=C/C=C/C[C@@H]1OC(C)(C)O[C@@H](/C(C)=C\COC(C)=O)[C@H]1C)CCO. The van der Waals surface area contributed by atoms with Crippen LogP contribution in [0.15, 0.2) is 48.1 Å². The molecule has 0 aromatic rings. The summed E-state index contributed by atoms with van der Waals surface area (Å²) in [4.78, 5) is 11.0. The van der Waals surface area contributed by atoms with Crippen molar-refractivity contribution in [2.24, 2.45) is 5.92 Å². The van der Waals surface area contributed by atoms with Gasteiger partial charge in [-0.3, -0.25) is 4.79 Å². The predicted molar refractivity (Wildman–Crippen MR) is 118 cm³/mol. The molecule has 6 heteroatoms. The van der Waals surface area contributed by atoms with Crippen LogP contribution < -0.4 is 0 Å². The molecule has 1 heterocycles. The molecule has 0 unspecified atom stereocenters. The van der Waals surface area contributed by atoms with Crippen molar-refractivity contribution in [3.05, 3.63) is 48.1 Å². The Kier molecular flexibility index (Phi) is 11.9. The standard InChI is InChI=1S/C24H38O6/c1-18(15-17-28-20(3)26)23-19(2)22(29-24(4,5)30-23)13-11-9-7-8-10-12-21(27-6)14-16-25/h7-12,15,19,21-23,25H,13-14,16-17H2,1-6H3/b8-7+,11-9+,12-10+,18-15-/t19-,21-,22-,23-/m0/s1. The van der Waals surface area contributed by atoms with Crippen molar-refractivity contribution in [3.63, 3.8) is 0 Å². The topological polar surface area (TPSA) is 74.2 Å². The third-order valence-corrected chi connectivity index (χ3v) is 4.93. The second-order valence-electron chi connectivity index (χ2n) is 7.92. The first-order valence-corrected chi connectivity index (χ1v) is 10.5. The fourth-order valence-electron chi connectivity index (χ4n) is 3.31. The summed E-state index contributed by atoms with van der Waals surface area (Å²) in [5.74, 6) is -0.828. The molecule has 0 radical (unpaired) electrons. The lowest BCUT2D eigenvalue weighted by Gasteiger charge is -2.45. The number of aliphatic hydroxyl groups is 1. The smallest absolute Gasteiger partial charge is 0.302 e. The van der Waals surface area contributed by atoms with Crippen LogP contribution in [-0.2, 0) is 23.7 Å². The highest BCUT2D eigenvalue weighted by atomic mass is 16.7. The van der Waals surface area contributed by atoms with Gasteiger partial charge < -0.3 is 24.1 Å². The summed E-state index contributed by atoms with van der Waals surface area (Å²) < 4.78 is 22.5. The Morgan fingerprint density at radius 2 is 1.87 bits per heavy atom. The first kappa shape index (κ1) is 26.3. The Balaban J connectivity index is 2.65. The first-order chi connectivity index (χ1) is 14.2. The van der Waals surface area contributed by atoms with Gasteiger partial charge in [0, 0.05) is 33.0 Å². The molecule has 0 amide bonds. The highest BCUT2D eigenvalue weighted by molar-refractivity contribution is 5.66. The molecule has 1 saturated heterocycles. The van der Waals surface area contributed by atoms with E-state index >= 15 is 0 Å². The van der Waals surface area contributed by atoms with Crippen molar-refractivity contribution in [1.29, 1.82) is 0 Å². The Hall–Kier alpha value is -1.73. The van der Waals surface area contributed by atoms with Crippen LogP contribution in [0.1, 0.15) is 47.5 Å². The summed E-state index contributed by atoms with van der Waals surface area (Å²) in [5.41, 5.74) is 1.04. The van der Waals surface area contributed by atoms with E-state index < -0.39 is 5.79 Å². The minimum Gasteiger partial charge on any atom is -0.462 e. The van der Waals surface area contributed by atoms with Crippen LogP contribution in [0.4, 0.5) is 0 Å². The molecule has 1 fully saturated rings. The predicted octanol–water partition coefficient (Wildman–Crippen LogP) is 4.11. The summed E-state index contributed by atoms with van der Waals surface area (Å²) in [7, 11) is 1.63. The van der Waals surface area contributed by atoms with Gasteiger partial charge in [-0.05, 0) is 38.8 Å². The molecule has 1 N–H and O–H groups in total. The second kappa shape index (κ2) is 13.5. The maximum atomic E-state index is 11.0. The quantitative estimate of drug-likeness (QED) is 0.307. The van der Waals surface area contributed by atoms with E-state index in [1.165, 1.54) is 6.92 Å². The molecule has 0 aromatic heterocycles. The summed E-state index contributed by atoms with van der Waals surface area (Å²) in [5, 5.41) is 8.95. The van der Waals surface area contributed by atoms with Gasteiger partial charge in [-0.2, -0.15) is 0 Å². The van der Waals surface area contributed by atoms with Gasteiger partial charge in [0.1, 0.15) is 6.61 Å². The molecule has 1 aliphatic rings. The lowest BCUT2D eigenvalue weighted by Crippen LogP contribution is -2.50. The van der Waals surface area contributed by atoms with Gasteiger partial charge in [0.2, 0.25) is 0 Å². The van der Waals surface area contributed by atoms with Gasteiger partial charge in [0.15, 0.2) is 5.79 Å². The molecule has 30 heavy (non-hydrogen) atoms. The number of rotatable bonds is 11. The van der Waals surface area contributed by atoms with E-state index in [0.717, 1.165) is 12.0 Å². The normalized spacial score (nSPS) is 26.0. The number of hydrogen-bond acceptors (Lipinski definition) is 6. The molecule has 0 aromatic carbocycles. The number of methoxy groups -OCH3 is 1. The molecule has 1 rings (SSSR count). The Morgan fingerprint density at radius 3 is 2.50 bits per heavy atom. The highest BCUT2D eigenvalue weighted by Crippen LogP contribution is 2.35. The van der Waals surface area contributed by atoms with E-state index in [1.54, 1.807) is 7.11 Å². The third-order valence-electron chi connectivity index (χ3n) is 4.93. The molecule has 0 bridgehead atoms. The molecule has 0 saturated carbocycles. The highest BCUT2D eigenvalue weighted by Gasteiger charge is 2.40. The maximum Gasteiger partial charge on any atom is 0.302 e. The average Bonchev–Trinajstić information content (AvgIpc) is 2.67. The van der Waals surface area contributed by atoms with Crippen LogP contribution in [0.5, 0.6) is 0 Å². The number of allylic oxidation sites excluding steroid dienone is 4. The van der Waals surface area contributed by atoms with Crippen LogP contribution in [0.3, 0.4) is 0 Å². The summed E-state index contributed by atoms with van der Waals surface area (Å²) in [6, 6.07) is 0. The first-order valence-electron chi connectivity index (χ1n) is 10.5. The van der Waals surface area contributed by atoms with E-state index in [-0.39, 0.29) is 43.4 Å². The monoisotopic (exact) mass is 422 g/mol. The van der Waals surface area contributed by atoms with Gasteiger partial charge in [0.05, 0.1) is 18.3 Å². The second-order valence-corrected chi connectivity index (χ2v) is 7.92. The molecule has 6 nitrogen and oxygen atoms in total. The lowest BCUT2D eigenvalue weighted by atomic mass is 9.89. The minimum absolute atomic E-state index is 0.0124. The zero-order valence-corrected chi connectivity index (χ0v) is 19.2. The van der Waals surface area contributed by atoms with E-state index in [1.807, 2.05) is 57.2 Å². The van der Waals surface area contributed by atoms with Gasteiger partial charge in [0.25, 0.3) is 0 Å². The Bertz CT molecular complexity index is 632. The zero-order chi connectivity index (χ0) is 22.6. The number of ether oxygens (including phenoxy) is 4. The van der Waals surface area contributed by atoms with Crippen molar-refractivity contribution in [2.45, 2.75) is 71.6 Å². The molecular formula is C24H38O6. The van der Waals surface area contributed by atoms with Crippen LogP contribution in [0.25, 0.3) is 0 Å². The number of carbonyl (C=O) groups is 1. The van der Waals surface area contributed by atoms with Crippen molar-refractivity contribution in [1.82, 2.24) is 0 Å². The number of hydrogen-bond donors (Lipinski definition) is 1. The van der Waals surface area contributed by atoms with E-state index in [0.29, 0.717) is 6.42 Å². The number of esters is 1. The number of carbonyl (C=O) groups excluding carboxylic acids is 1. The molecule has 1 aliphatic heterocycles. The van der Waals surface area contributed by atoms with Crippen LogP contribution >= 0.6 is 0 Å². The summed E-state index contributed by atoms with van der Waals surface area (Å²) >= 11 is 0. The largest absolute Gasteiger partial charge is 0.462 e. The van der Waals surface area contributed by atoms with Crippen LogP contribution in [-0.4, -0.2) is 55.5 Å². The molecule has 4 atom stereocenters. The van der Waals surface area contributed by atoms with Crippen molar-refractivity contribution < 1.29 is 28.8 Å². The zero-order valence-electron chi connectivity index (χ0n) is 19.2. The van der Waals surface area contributed by atoms with Gasteiger partial charge >= 0.3 is 5.97 Å². The summed E-state index contributed by atoms with van der Waals surface area (Å²) in [6.45, 7) is 9.71. The third kappa shape index (κ3) is 9.85. The Labute approximate surface area is 181 Å². The van der Waals surface area contributed by atoms with Crippen molar-refractivity contribution in [3.8, 4) is 0 Å². The van der Waals surface area contributed by atoms with Gasteiger partial charge in [-0.25, -0.2) is 0 Å². The average molecular weight is 423 g/mol. The fraction of sp³-hybridized carbons (Fsp3) is 0.625. The molecular weight excluding hydrogens is 384 g/mol. The molecule has 0 aliphatic carbocycles. The lowest BCUT2D eigenvalue weighted by molar-refractivity contribution is -0.310. The van der Waals surface area contributed by atoms with E-state index in [2.05, 4.69) is 13.0 Å². The van der Waals surface area contributed by atoms with Crippen LogP contribution in [0, 0.1) is 5.92 Å². The van der Waals surface area contributed by atoms with E-state index in [9.17, 15) is 4.79 Å². The van der Waals surface area contributed by atoms with Crippen molar-refractivity contribution in [2.75, 3.05) is 20.3 Å². The van der Waals surface area contributed by atoms with Gasteiger partial charge in [-0.1, -0.05) is 43.4 Å². The fourth-order valence-corrected chi connectivity index (χ4v) is 3.31. The number of aliphatic hydroxyl groups excluding tert-OH is 1. The van der Waals surface area contributed by atoms with E-state index in [4.69, 9.17) is 24.1 Å². The van der Waals surface area contributed by atoms with Crippen LogP contribution in [0.2, 0.25) is 0 Å². The summed E-state index contributed by atoms with van der Waals surface area (Å²) in [6.07, 6.45) is 14.9. The molecule has 170 valence electrons. The maximum absolute atomic E-state index is 11.0. The van der Waals surface area contributed by atoms with Crippen molar-refractivity contribution >= 4 is 5.97 Å². The van der Waals surface area contributed by atoms with Gasteiger partial charge in [-0.15, -0.1) is 0 Å².